The zero-order valence-corrected chi connectivity index (χ0v) is 15.2. The Bertz CT molecular complexity index is 1040. The Labute approximate surface area is 161 Å². The van der Waals surface area contributed by atoms with Crippen molar-refractivity contribution < 1.29 is 4.39 Å². The summed E-state index contributed by atoms with van der Waals surface area (Å²) < 4.78 is 13.3. The smallest absolute Gasteiger partial charge is 0.170 e. The van der Waals surface area contributed by atoms with Crippen LogP contribution in [-0.4, -0.2) is 15.0 Å². The van der Waals surface area contributed by atoms with Crippen molar-refractivity contribution in [3.05, 3.63) is 95.9 Å². The van der Waals surface area contributed by atoms with E-state index in [-0.39, 0.29) is 5.82 Å². The van der Waals surface area contributed by atoms with E-state index in [4.69, 9.17) is 4.98 Å². The number of nitrogens with zero attached hydrogens (tertiary/aromatic N) is 2. The lowest BCUT2D eigenvalue weighted by molar-refractivity contribution is 0.628. The van der Waals surface area contributed by atoms with E-state index in [1.165, 1.54) is 23.9 Å². The maximum atomic E-state index is 13.3. The third-order valence-electron chi connectivity index (χ3n) is 4.01. The van der Waals surface area contributed by atoms with Crippen LogP contribution < -0.4 is 0 Å². The fraction of sp³-hybridized carbons (Fsp3) is 0. The molecule has 0 saturated heterocycles. The van der Waals surface area contributed by atoms with Gasteiger partial charge >= 0.3 is 0 Å². The third-order valence-corrected chi connectivity index (χ3v) is 4.70. The number of halogens is 1. The monoisotopic (exact) mass is 373 g/mol. The van der Waals surface area contributed by atoms with Crippen LogP contribution in [0.5, 0.6) is 0 Å². The maximum absolute atomic E-state index is 13.3. The molecule has 27 heavy (non-hydrogen) atoms. The van der Waals surface area contributed by atoms with Crippen molar-refractivity contribution >= 4 is 17.8 Å². The fourth-order valence-corrected chi connectivity index (χ4v) is 3.35. The molecule has 0 saturated carbocycles. The van der Waals surface area contributed by atoms with Gasteiger partial charge in [0.25, 0.3) is 0 Å². The van der Waals surface area contributed by atoms with Gasteiger partial charge in [0.15, 0.2) is 5.16 Å². The first-order valence-electron chi connectivity index (χ1n) is 8.44. The molecule has 0 spiro atoms. The minimum Gasteiger partial charge on any atom is -0.332 e. The van der Waals surface area contributed by atoms with Crippen LogP contribution in [0.4, 0.5) is 4.39 Å². The second kappa shape index (κ2) is 8.01. The molecule has 0 bridgehead atoms. The van der Waals surface area contributed by atoms with Crippen LogP contribution in [0.25, 0.3) is 28.6 Å². The number of nitrogens with one attached hydrogen (secondary N) is 1. The van der Waals surface area contributed by atoms with Gasteiger partial charge in [-0.3, -0.25) is 4.98 Å². The van der Waals surface area contributed by atoms with Gasteiger partial charge in [-0.2, -0.15) is 0 Å². The van der Waals surface area contributed by atoms with Gasteiger partial charge in [0, 0.05) is 23.5 Å². The summed E-state index contributed by atoms with van der Waals surface area (Å²) in [5.41, 5.74) is 4.65. The summed E-state index contributed by atoms with van der Waals surface area (Å²) in [5.74, 6) is -0.264. The second-order valence-electron chi connectivity index (χ2n) is 5.84. The molecule has 0 aliphatic heterocycles. The van der Waals surface area contributed by atoms with Gasteiger partial charge < -0.3 is 4.98 Å². The number of aromatic amines is 1. The molecule has 2 aromatic carbocycles. The minimum absolute atomic E-state index is 0.264. The van der Waals surface area contributed by atoms with Crippen molar-refractivity contribution in [3.8, 4) is 22.5 Å². The van der Waals surface area contributed by atoms with Crippen molar-refractivity contribution in [1.29, 1.82) is 0 Å². The van der Waals surface area contributed by atoms with Gasteiger partial charge in [0.1, 0.15) is 5.82 Å². The van der Waals surface area contributed by atoms with Gasteiger partial charge in [-0.1, -0.05) is 42.1 Å². The average Bonchev–Trinajstić information content (AvgIpc) is 3.14. The summed E-state index contributed by atoms with van der Waals surface area (Å²) in [6, 6.07) is 20.3. The normalized spacial score (nSPS) is 11.1. The fourth-order valence-electron chi connectivity index (χ4n) is 2.69. The van der Waals surface area contributed by atoms with E-state index >= 15 is 0 Å². The molecule has 4 rings (SSSR count). The van der Waals surface area contributed by atoms with E-state index < -0.39 is 0 Å². The summed E-state index contributed by atoms with van der Waals surface area (Å²) in [5, 5.41) is 2.77. The quantitative estimate of drug-likeness (QED) is 0.434. The zero-order chi connectivity index (χ0) is 18.5. The Morgan fingerprint density at radius 2 is 1.59 bits per heavy atom. The van der Waals surface area contributed by atoms with E-state index in [0.717, 1.165) is 33.2 Å². The van der Waals surface area contributed by atoms with Crippen molar-refractivity contribution in [3.63, 3.8) is 0 Å². The molecule has 5 heteroatoms. The molecule has 2 aromatic heterocycles. The zero-order valence-electron chi connectivity index (χ0n) is 14.3. The van der Waals surface area contributed by atoms with Crippen molar-refractivity contribution in [2.24, 2.45) is 0 Å². The lowest BCUT2D eigenvalue weighted by Crippen LogP contribution is -1.84. The van der Waals surface area contributed by atoms with Crippen LogP contribution in [0.15, 0.2) is 89.7 Å². The molecule has 1 N–H and O–H groups in total. The molecule has 0 unspecified atom stereocenters. The summed E-state index contributed by atoms with van der Waals surface area (Å²) in [4.78, 5) is 12.2. The number of aromatic nitrogens is 3. The number of benzene rings is 2. The third kappa shape index (κ3) is 4.15. The molecule has 0 aliphatic rings. The maximum Gasteiger partial charge on any atom is 0.170 e. The van der Waals surface area contributed by atoms with Crippen LogP contribution in [0, 0.1) is 5.82 Å². The molecule has 4 aromatic rings. The molecule has 2 heterocycles. The Hall–Kier alpha value is -3.18. The Morgan fingerprint density at radius 3 is 2.33 bits per heavy atom. The van der Waals surface area contributed by atoms with E-state index in [9.17, 15) is 4.39 Å². The van der Waals surface area contributed by atoms with Crippen molar-refractivity contribution in [1.82, 2.24) is 15.0 Å². The Kier molecular flexibility index (Phi) is 5.12. The number of pyridine rings is 1. The number of rotatable bonds is 5. The molecule has 132 valence electrons. The molecule has 3 nitrogen and oxygen atoms in total. The highest BCUT2D eigenvalue weighted by atomic mass is 32.2. The summed E-state index contributed by atoms with van der Waals surface area (Å²) in [7, 11) is 0. The minimum atomic E-state index is -0.264. The first-order valence-corrected chi connectivity index (χ1v) is 9.32. The predicted molar refractivity (Wildman–Crippen MR) is 109 cm³/mol. The highest BCUT2D eigenvalue weighted by molar-refractivity contribution is 8.02. The van der Waals surface area contributed by atoms with Crippen LogP contribution in [0.1, 0.15) is 5.56 Å². The highest BCUT2D eigenvalue weighted by Crippen LogP contribution is 2.33. The molecular weight excluding hydrogens is 357 g/mol. The van der Waals surface area contributed by atoms with Crippen LogP contribution >= 0.6 is 11.8 Å². The van der Waals surface area contributed by atoms with E-state index in [2.05, 4.69) is 9.97 Å². The molecule has 0 aliphatic carbocycles. The lowest BCUT2D eigenvalue weighted by atomic mass is 10.1. The van der Waals surface area contributed by atoms with Crippen LogP contribution in [0.3, 0.4) is 0 Å². The SMILES string of the molecule is Fc1ccc(-c2nc(S/C=C\c3ccccc3)[nH]c2-c2ccncc2)cc1. The number of hydrogen-bond acceptors (Lipinski definition) is 3. The number of thioether (sulfide) groups is 1. The summed E-state index contributed by atoms with van der Waals surface area (Å²) in [6.45, 7) is 0. The van der Waals surface area contributed by atoms with E-state index in [0.29, 0.717) is 0 Å². The van der Waals surface area contributed by atoms with Crippen molar-refractivity contribution in [2.45, 2.75) is 5.16 Å². The van der Waals surface area contributed by atoms with Gasteiger partial charge in [0.05, 0.1) is 11.4 Å². The molecule has 0 amide bonds. The molecular formula is C22H16FN3S. The van der Waals surface area contributed by atoms with Gasteiger partial charge in [-0.05, 0) is 53.4 Å². The average molecular weight is 373 g/mol. The van der Waals surface area contributed by atoms with Gasteiger partial charge in [-0.25, -0.2) is 9.37 Å². The lowest BCUT2D eigenvalue weighted by Gasteiger charge is -2.02. The van der Waals surface area contributed by atoms with Crippen LogP contribution in [0.2, 0.25) is 0 Å². The Balaban J connectivity index is 1.67. The molecule has 0 radical (unpaired) electrons. The largest absolute Gasteiger partial charge is 0.332 e. The van der Waals surface area contributed by atoms with E-state index in [1.807, 2.05) is 53.9 Å². The summed E-state index contributed by atoms with van der Waals surface area (Å²) >= 11 is 1.51. The number of hydrogen-bond donors (Lipinski definition) is 1. The van der Waals surface area contributed by atoms with Crippen LogP contribution in [-0.2, 0) is 0 Å². The predicted octanol–water partition coefficient (Wildman–Crippen LogP) is 6.04. The van der Waals surface area contributed by atoms with Gasteiger partial charge in [0.2, 0.25) is 0 Å². The number of imidazole rings is 1. The van der Waals surface area contributed by atoms with E-state index in [1.54, 1.807) is 24.5 Å². The van der Waals surface area contributed by atoms with Gasteiger partial charge in [-0.15, -0.1) is 0 Å². The number of H-pyrrole nitrogens is 1. The first-order chi connectivity index (χ1) is 13.3. The summed E-state index contributed by atoms with van der Waals surface area (Å²) in [6.07, 6.45) is 5.52. The second-order valence-corrected chi connectivity index (χ2v) is 6.73. The molecule has 0 fully saturated rings. The van der Waals surface area contributed by atoms with Crippen molar-refractivity contribution in [2.75, 3.05) is 0 Å². The molecule has 0 atom stereocenters. The first kappa shape index (κ1) is 17.2. The topological polar surface area (TPSA) is 41.6 Å². The standard InChI is InChI=1S/C22H16FN3S/c23-19-8-6-17(7-9-19)20-21(18-10-13-24-14-11-18)26-22(25-20)27-15-12-16-4-2-1-3-5-16/h1-15H,(H,25,26)/b15-12-. The Morgan fingerprint density at radius 1 is 0.852 bits per heavy atom. The highest BCUT2D eigenvalue weighted by Gasteiger charge is 2.14.